The molecule has 1 fully saturated rings. The second kappa shape index (κ2) is 2.65. The number of hydrogen-bond acceptors (Lipinski definition) is 2. The van der Waals surface area contributed by atoms with Crippen LogP contribution >= 0.6 is 0 Å². The Morgan fingerprint density at radius 3 is 2.82 bits per heavy atom. The Balaban J connectivity index is 2.99. The molecule has 1 aliphatic carbocycles. The van der Waals surface area contributed by atoms with E-state index < -0.39 is 5.60 Å². The maximum absolute atomic E-state index is 11.2. The molecule has 0 radical (unpaired) electrons. The average Bonchev–Trinajstić information content (AvgIpc) is 2.32. The predicted molar refractivity (Wildman–Crippen MR) is 42.1 cm³/mol. The van der Waals surface area contributed by atoms with E-state index in [9.17, 15) is 9.90 Å². The third-order valence-electron chi connectivity index (χ3n) is 2.29. The van der Waals surface area contributed by atoms with Crippen LogP contribution in [0.4, 0.5) is 0 Å². The number of Topliss-reactive ketones (excluding diaryl/α,β-unsaturated/α-hetero) is 1. The van der Waals surface area contributed by atoms with Gasteiger partial charge in [0.05, 0.1) is 0 Å². The summed E-state index contributed by atoms with van der Waals surface area (Å²) in [7, 11) is 0. The fourth-order valence-electron chi connectivity index (χ4n) is 1.39. The molecule has 60 valence electrons. The van der Waals surface area contributed by atoms with Crippen LogP contribution in [0.1, 0.15) is 26.2 Å². The monoisotopic (exact) mass is 152 g/mol. The lowest BCUT2D eigenvalue weighted by molar-refractivity contribution is -0.130. The van der Waals surface area contributed by atoms with E-state index in [-0.39, 0.29) is 5.78 Å². The van der Waals surface area contributed by atoms with Crippen LogP contribution in [0, 0.1) is 0 Å². The second-order valence-corrected chi connectivity index (χ2v) is 2.94. The molecule has 1 N–H and O–H groups in total. The van der Waals surface area contributed by atoms with Crippen LogP contribution in [-0.4, -0.2) is 16.5 Å². The minimum atomic E-state index is -1.23. The molecular formula is C9H12O2. The van der Waals surface area contributed by atoms with Crippen LogP contribution in [0.5, 0.6) is 0 Å². The molecule has 2 nitrogen and oxygen atoms in total. The Morgan fingerprint density at radius 2 is 2.45 bits per heavy atom. The van der Waals surface area contributed by atoms with Gasteiger partial charge in [-0.3, -0.25) is 4.79 Å². The van der Waals surface area contributed by atoms with Crippen molar-refractivity contribution in [1.29, 1.82) is 0 Å². The highest BCUT2D eigenvalue weighted by molar-refractivity contribution is 5.92. The van der Waals surface area contributed by atoms with E-state index in [0.717, 1.165) is 6.42 Å². The van der Waals surface area contributed by atoms with Crippen molar-refractivity contribution in [2.75, 3.05) is 0 Å². The van der Waals surface area contributed by atoms with E-state index in [2.05, 4.69) is 12.3 Å². The van der Waals surface area contributed by atoms with Gasteiger partial charge in [0.2, 0.25) is 0 Å². The van der Waals surface area contributed by atoms with Gasteiger partial charge in [0.15, 0.2) is 11.4 Å². The molecule has 0 spiro atoms. The number of hydrogen-bond donors (Lipinski definition) is 1. The van der Waals surface area contributed by atoms with Crippen molar-refractivity contribution in [3.8, 4) is 0 Å². The van der Waals surface area contributed by atoms with Gasteiger partial charge in [-0.25, -0.2) is 0 Å². The zero-order valence-corrected chi connectivity index (χ0v) is 6.68. The van der Waals surface area contributed by atoms with Crippen LogP contribution in [0.2, 0.25) is 0 Å². The Kier molecular flexibility index (Phi) is 1.99. The average molecular weight is 152 g/mol. The van der Waals surface area contributed by atoms with Gasteiger partial charge in [-0.1, -0.05) is 6.58 Å². The molecule has 0 amide bonds. The second-order valence-electron chi connectivity index (χ2n) is 2.94. The number of rotatable bonds is 1. The van der Waals surface area contributed by atoms with Crippen molar-refractivity contribution in [1.82, 2.24) is 0 Å². The fourth-order valence-corrected chi connectivity index (χ4v) is 1.39. The summed E-state index contributed by atoms with van der Waals surface area (Å²) >= 11 is 0. The van der Waals surface area contributed by atoms with E-state index in [4.69, 9.17) is 0 Å². The quantitative estimate of drug-likeness (QED) is 0.573. The maximum atomic E-state index is 11.2. The van der Waals surface area contributed by atoms with E-state index in [0.29, 0.717) is 18.4 Å². The SMILES string of the molecule is C=C=C(C)C1(O)CCCC1=O. The van der Waals surface area contributed by atoms with Crippen LogP contribution in [0.15, 0.2) is 17.9 Å². The first-order valence-electron chi connectivity index (χ1n) is 3.74. The highest BCUT2D eigenvalue weighted by Gasteiger charge is 2.41. The first-order chi connectivity index (χ1) is 5.11. The lowest BCUT2D eigenvalue weighted by Crippen LogP contribution is -2.34. The molecule has 0 aromatic rings. The van der Waals surface area contributed by atoms with E-state index in [1.165, 1.54) is 0 Å². The molecule has 1 aliphatic rings. The van der Waals surface area contributed by atoms with Crippen molar-refractivity contribution in [2.45, 2.75) is 31.8 Å². The van der Waals surface area contributed by atoms with Gasteiger partial charge in [0.25, 0.3) is 0 Å². The van der Waals surface area contributed by atoms with Gasteiger partial charge in [-0.15, -0.1) is 5.73 Å². The van der Waals surface area contributed by atoms with Gasteiger partial charge >= 0.3 is 0 Å². The summed E-state index contributed by atoms with van der Waals surface area (Å²) in [5.41, 5.74) is 1.89. The molecule has 1 unspecified atom stereocenters. The molecule has 2 heteroatoms. The maximum Gasteiger partial charge on any atom is 0.169 e. The highest BCUT2D eigenvalue weighted by atomic mass is 16.3. The number of carbonyl (C=O) groups is 1. The van der Waals surface area contributed by atoms with E-state index >= 15 is 0 Å². The van der Waals surface area contributed by atoms with Gasteiger partial charge in [0, 0.05) is 12.0 Å². The van der Waals surface area contributed by atoms with Gasteiger partial charge in [-0.2, -0.15) is 0 Å². The summed E-state index contributed by atoms with van der Waals surface area (Å²) in [6.07, 6.45) is 1.78. The fraction of sp³-hybridized carbons (Fsp3) is 0.556. The van der Waals surface area contributed by atoms with Crippen LogP contribution < -0.4 is 0 Å². The van der Waals surface area contributed by atoms with Crippen molar-refractivity contribution < 1.29 is 9.90 Å². The van der Waals surface area contributed by atoms with Crippen LogP contribution in [0.25, 0.3) is 0 Å². The lowest BCUT2D eigenvalue weighted by atomic mass is 9.93. The normalized spacial score (nSPS) is 30.2. The molecule has 1 saturated carbocycles. The molecule has 0 saturated heterocycles. The molecule has 0 aliphatic heterocycles. The Labute approximate surface area is 66.2 Å². The highest BCUT2D eigenvalue weighted by Crippen LogP contribution is 2.31. The Bertz CT molecular complexity index is 236. The minimum absolute atomic E-state index is 0.0915. The Hall–Kier alpha value is -0.850. The summed E-state index contributed by atoms with van der Waals surface area (Å²) in [5.74, 6) is -0.0915. The van der Waals surface area contributed by atoms with Crippen molar-refractivity contribution >= 4 is 5.78 Å². The summed E-state index contributed by atoms with van der Waals surface area (Å²) in [6, 6.07) is 0. The largest absolute Gasteiger partial charge is 0.377 e. The molecule has 1 atom stereocenters. The zero-order valence-electron chi connectivity index (χ0n) is 6.68. The lowest BCUT2D eigenvalue weighted by Gasteiger charge is -2.19. The first kappa shape index (κ1) is 8.25. The summed E-state index contributed by atoms with van der Waals surface area (Å²) in [6.45, 7) is 5.10. The molecular weight excluding hydrogens is 140 g/mol. The summed E-state index contributed by atoms with van der Waals surface area (Å²) in [5, 5.41) is 9.74. The first-order valence-corrected chi connectivity index (χ1v) is 3.74. The van der Waals surface area contributed by atoms with Crippen molar-refractivity contribution in [2.24, 2.45) is 0 Å². The minimum Gasteiger partial charge on any atom is -0.377 e. The smallest absolute Gasteiger partial charge is 0.169 e. The zero-order chi connectivity index (χ0) is 8.48. The van der Waals surface area contributed by atoms with Crippen molar-refractivity contribution in [3.63, 3.8) is 0 Å². The number of aliphatic hydroxyl groups is 1. The van der Waals surface area contributed by atoms with Gasteiger partial charge < -0.3 is 5.11 Å². The van der Waals surface area contributed by atoms with E-state index in [1.54, 1.807) is 6.92 Å². The van der Waals surface area contributed by atoms with Crippen LogP contribution in [-0.2, 0) is 4.79 Å². The number of carbonyl (C=O) groups excluding carboxylic acids is 1. The number of ketones is 1. The Morgan fingerprint density at radius 1 is 1.82 bits per heavy atom. The molecule has 0 heterocycles. The molecule has 1 rings (SSSR count). The van der Waals surface area contributed by atoms with E-state index in [1.807, 2.05) is 0 Å². The van der Waals surface area contributed by atoms with Gasteiger partial charge in [0.1, 0.15) is 0 Å². The third-order valence-corrected chi connectivity index (χ3v) is 2.29. The third kappa shape index (κ3) is 1.15. The molecule has 0 aromatic carbocycles. The van der Waals surface area contributed by atoms with Crippen molar-refractivity contribution in [3.05, 3.63) is 17.9 Å². The molecule has 0 bridgehead atoms. The topological polar surface area (TPSA) is 37.3 Å². The molecule has 11 heavy (non-hydrogen) atoms. The van der Waals surface area contributed by atoms with Gasteiger partial charge in [-0.05, 0) is 19.8 Å². The standard InChI is InChI=1S/C9H12O2/c1-3-7(2)9(11)6-4-5-8(9)10/h11H,1,4-6H2,2H3. The summed E-state index contributed by atoms with van der Waals surface area (Å²) < 4.78 is 0. The summed E-state index contributed by atoms with van der Waals surface area (Å²) in [4.78, 5) is 11.2. The predicted octanol–water partition coefficient (Wildman–Crippen LogP) is 1.20. The van der Waals surface area contributed by atoms with Crippen LogP contribution in [0.3, 0.4) is 0 Å². The molecule has 0 aromatic heterocycles.